The minimum absolute atomic E-state index is 0.0157. The Hall–Kier alpha value is -3.09. The first-order valence-electron chi connectivity index (χ1n) is 8.90. The second-order valence-electron chi connectivity index (χ2n) is 6.60. The number of hydrogen-bond acceptors (Lipinski definition) is 8. The maximum Gasteiger partial charge on any atom is 0.343 e. The minimum Gasteiger partial charge on any atom is -0.422 e. The summed E-state index contributed by atoms with van der Waals surface area (Å²) in [5.41, 5.74) is 0.870. The highest BCUT2D eigenvalue weighted by Gasteiger charge is 2.38. The van der Waals surface area contributed by atoms with Crippen molar-refractivity contribution < 1.29 is 22.7 Å². The number of ether oxygens (including phenoxy) is 1. The molecule has 0 aliphatic carbocycles. The van der Waals surface area contributed by atoms with Crippen LogP contribution in [0.2, 0.25) is 0 Å². The Morgan fingerprint density at radius 2 is 1.94 bits per heavy atom. The normalized spacial score (nSPS) is 17.2. The number of amides is 1. The van der Waals surface area contributed by atoms with Crippen molar-refractivity contribution in [2.45, 2.75) is 0 Å². The van der Waals surface area contributed by atoms with Gasteiger partial charge in [0.2, 0.25) is 19.4 Å². The number of esters is 1. The molecule has 162 valence electrons. The Bertz CT molecular complexity index is 1370. The van der Waals surface area contributed by atoms with Crippen LogP contribution in [0.3, 0.4) is 0 Å². The van der Waals surface area contributed by atoms with Crippen molar-refractivity contribution in [2.75, 3.05) is 6.26 Å². The highest BCUT2D eigenvalue weighted by Crippen LogP contribution is 2.31. The van der Waals surface area contributed by atoms with Crippen LogP contribution < -0.4 is 4.74 Å². The third-order valence-electron chi connectivity index (χ3n) is 4.23. The zero-order chi connectivity index (χ0) is 23.0. The van der Waals surface area contributed by atoms with Gasteiger partial charge in [-0.1, -0.05) is 24.3 Å². The van der Waals surface area contributed by atoms with Crippen molar-refractivity contribution in [3.05, 3.63) is 69.7 Å². The molecule has 32 heavy (non-hydrogen) atoms. The Kier molecular flexibility index (Phi) is 5.84. The summed E-state index contributed by atoms with van der Waals surface area (Å²) >= 11 is 4.06. The molecule has 0 aromatic heterocycles. The van der Waals surface area contributed by atoms with Crippen LogP contribution in [0.25, 0.3) is 6.08 Å². The van der Waals surface area contributed by atoms with Gasteiger partial charge in [0.15, 0.2) is 5.84 Å². The molecule has 0 saturated heterocycles. The molecule has 2 aromatic carbocycles. The van der Waals surface area contributed by atoms with E-state index in [1.165, 1.54) is 6.08 Å². The lowest BCUT2D eigenvalue weighted by atomic mass is 10.1. The van der Waals surface area contributed by atoms with Crippen molar-refractivity contribution in [1.82, 2.24) is 5.01 Å². The van der Waals surface area contributed by atoms with E-state index in [0.29, 0.717) is 15.6 Å². The third kappa shape index (κ3) is 4.42. The van der Waals surface area contributed by atoms with Gasteiger partial charge in [0, 0.05) is 6.26 Å². The molecular weight excluding hydrogens is 520 g/mol. The fourth-order valence-corrected chi connectivity index (χ4v) is 4.88. The molecular formula is C20H13BrN4O5S2. The highest BCUT2D eigenvalue weighted by molar-refractivity contribution is 9.10. The summed E-state index contributed by atoms with van der Waals surface area (Å²) in [6.07, 6.45) is 2.42. The zero-order valence-electron chi connectivity index (χ0n) is 16.3. The molecule has 0 unspecified atom stereocenters. The van der Waals surface area contributed by atoms with E-state index in [2.05, 4.69) is 26.0 Å². The maximum atomic E-state index is 12.4. The molecule has 1 amide bonds. The van der Waals surface area contributed by atoms with Gasteiger partial charge in [-0.2, -0.15) is 10.0 Å². The van der Waals surface area contributed by atoms with Gasteiger partial charge < -0.3 is 4.74 Å². The van der Waals surface area contributed by atoms with Gasteiger partial charge in [0.05, 0.1) is 15.6 Å². The van der Waals surface area contributed by atoms with Crippen LogP contribution in [0.1, 0.15) is 15.9 Å². The number of rotatable bonds is 3. The van der Waals surface area contributed by atoms with Crippen LogP contribution in [-0.2, 0) is 14.6 Å². The summed E-state index contributed by atoms with van der Waals surface area (Å²) in [5, 5.41) is 13.2. The van der Waals surface area contributed by atoms with Crippen LogP contribution in [0.5, 0.6) is 5.75 Å². The van der Waals surface area contributed by atoms with Gasteiger partial charge in [0.1, 0.15) is 5.75 Å². The SMILES string of the molecule is CS(=O)(=O)C1=NN2C(=N)/C(=C\c3ccc(OC(=O)c4ccccc4)c(Br)c3)C(=O)N=C2S1. The third-order valence-corrected chi connectivity index (χ3v) is 7.43. The summed E-state index contributed by atoms with van der Waals surface area (Å²) in [6.45, 7) is 0. The van der Waals surface area contributed by atoms with Crippen molar-refractivity contribution in [2.24, 2.45) is 10.1 Å². The average molecular weight is 533 g/mol. The fourth-order valence-electron chi connectivity index (χ4n) is 2.71. The molecule has 0 atom stereocenters. The monoisotopic (exact) mass is 532 g/mol. The van der Waals surface area contributed by atoms with E-state index in [0.717, 1.165) is 23.0 Å². The van der Waals surface area contributed by atoms with Crippen LogP contribution in [0, 0.1) is 5.41 Å². The molecule has 0 spiro atoms. The van der Waals surface area contributed by atoms with Gasteiger partial charge in [-0.15, -0.1) is 5.10 Å². The van der Waals surface area contributed by atoms with Crippen LogP contribution >= 0.6 is 27.7 Å². The van der Waals surface area contributed by atoms with Gasteiger partial charge >= 0.3 is 5.97 Å². The van der Waals surface area contributed by atoms with E-state index < -0.39 is 21.7 Å². The largest absolute Gasteiger partial charge is 0.422 e. The maximum absolute atomic E-state index is 12.4. The van der Waals surface area contributed by atoms with Gasteiger partial charge in [-0.25, -0.2) is 13.2 Å². The molecule has 0 radical (unpaired) electrons. The highest BCUT2D eigenvalue weighted by atomic mass is 79.9. The van der Waals surface area contributed by atoms with Gasteiger partial charge in [0.25, 0.3) is 5.91 Å². The lowest BCUT2D eigenvalue weighted by molar-refractivity contribution is -0.114. The number of benzene rings is 2. The number of halogens is 1. The molecule has 0 bridgehead atoms. The molecule has 2 heterocycles. The second-order valence-corrected chi connectivity index (χ2v) is 10.6. The van der Waals surface area contributed by atoms with Crippen molar-refractivity contribution >= 4 is 70.9 Å². The molecule has 9 nitrogen and oxygen atoms in total. The Balaban J connectivity index is 1.59. The van der Waals surface area contributed by atoms with Crippen LogP contribution in [0.15, 0.2) is 68.7 Å². The van der Waals surface area contributed by atoms with Crippen LogP contribution in [-0.4, -0.2) is 46.9 Å². The Morgan fingerprint density at radius 3 is 2.59 bits per heavy atom. The first-order chi connectivity index (χ1) is 15.1. The number of fused-ring (bicyclic) bond motifs is 1. The Labute approximate surface area is 195 Å². The fraction of sp³-hybridized carbons (Fsp3) is 0.0500. The summed E-state index contributed by atoms with van der Waals surface area (Å²) in [7, 11) is -3.60. The first-order valence-corrected chi connectivity index (χ1v) is 12.4. The minimum atomic E-state index is -3.60. The zero-order valence-corrected chi connectivity index (χ0v) is 19.5. The summed E-state index contributed by atoms with van der Waals surface area (Å²) in [5.74, 6) is -1.21. The second kappa shape index (κ2) is 8.45. The van der Waals surface area contributed by atoms with E-state index in [4.69, 9.17) is 10.1 Å². The molecule has 2 aliphatic rings. The van der Waals surface area contributed by atoms with Crippen molar-refractivity contribution in [1.29, 1.82) is 5.41 Å². The number of hydrazone groups is 1. The van der Waals surface area contributed by atoms with E-state index in [1.807, 2.05) is 0 Å². The smallest absolute Gasteiger partial charge is 0.343 e. The molecule has 2 aromatic rings. The number of carbonyl (C=O) groups excluding carboxylic acids is 2. The molecule has 12 heteroatoms. The Morgan fingerprint density at radius 1 is 1.22 bits per heavy atom. The molecule has 0 fully saturated rings. The van der Waals surface area contributed by atoms with Gasteiger partial charge in [-0.3, -0.25) is 10.2 Å². The number of amidine groups is 2. The van der Waals surface area contributed by atoms with E-state index in [9.17, 15) is 18.0 Å². The number of nitrogens with one attached hydrogen (secondary N) is 1. The van der Waals surface area contributed by atoms with Crippen molar-refractivity contribution in [3.63, 3.8) is 0 Å². The number of aliphatic imine (C=N–C) groups is 1. The number of carbonyl (C=O) groups is 2. The van der Waals surface area contributed by atoms with E-state index in [1.54, 1.807) is 48.5 Å². The first kappa shape index (κ1) is 22.1. The molecule has 4 rings (SSSR count). The lowest BCUT2D eigenvalue weighted by Crippen LogP contribution is -2.35. The molecule has 1 N–H and O–H groups in total. The number of hydrogen-bond donors (Lipinski definition) is 1. The van der Waals surface area contributed by atoms with Gasteiger partial charge in [-0.05, 0) is 63.6 Å². The van der Waals surface area contributed by atoms with Crippen LogP contribution in [0.4, 0.5) is 0 Å². The predicted octanol–water partition coefficient (Wildman–Crippen LogP) is 3.29. The predicted molar refractivity (Wildman–Crippen MR) is 125 cm³/mol. The standard InChI is InChI=1S/C20H13BrN4O5S2/c1-32(28,29)20-24-25-16(22)13(17(26)23-19(25)31-20)9-11-7-8-15(14(21)10-11)30-18(27)12-5-3-2-4-6-12/h2-10,22H,1H3/b13-9+,22-16?. The summed E-state index contributed by atoms with van der Waals surface area (Å²) in [4.78, 5) is 28.5. The average Bonchev–Trinajstić information content (AvgIpc) is 3.18. The number of sulfone groups is 1. The quantitative estimate of drug-likeness (QED) is 0.364. The lowest BCUT2D eigenvalue weighted by Gasteiger charge is -2.20. The molecule has 2 aliphatic heterocycles. The van der Waals surface area contributed by atoms with E-state index >= 15 is 0 Å². The number of thioether (sulfide) groups is 1. The summed E-state index contributed by atoms with van der Waals surface area (Å²) in [6, 6.07) is 13.3. The van der Waals surface area contributed by atoms with Crippen molar-refractivity contribution in [3.8, 4) is 5.75 Å². The topological polar surface area (TPSA) is 129 Å². The summed E-state index contributed by atoms with van der Waals surface area (Å²) < 4.78 is 29.1. The van der Waals surface area contributed by atoms with E-state index in [-0.39, 0.29) is 26.7 Å². The number of nitrogens with zero attached hydrogens (tertiary/aromatic N) is 3. The molecule has 0 saturated carbocycles.